The fraction of sp³-hybridized carbons (Fsp3) is 0. The molecular weight excluding hydrogens is 484 g/mol. The van der Waals surface area contributed by atoms with E-state index in [2.05, 4.69) is 21.7 Å². The van der Waals surface area contributed by atoms with E-state index in [1.54, 1.807) is 18.8 Å². The molecule has 8 aromatic rings. The van der Waals surface area contributed by atoms with E-state index in [9.17, 15) is 4.79 Å². The second kappa shape index (κ2) is 8.26. The summed E-state index contributed by atoms with van der Waals surface area (Å²) in [5.74, 6) is 0.729. The predicted octanol–water partition coefficient (Wildman–Crippen LogP) is 7.49. The Morgan fingerprint density at radius 1 is 0.692 bits per heavy atom. The standard InChI is InChI=1S/C33H20N4O2/c38-33(22-6-5-7-24(16-22)36-20-35-27-9-2-4-11-29(27)36)23-12-13-26-25-8-1-3-10-28(25)37(30(26)17-23)32-18-21-14-15-39-31(21)19-34-32/h1-20H. The van der Waals surface area contributed by atoms with Gasteiger partial charge >= 0.3 is 0 Å². The number of rotatable bonds is 4. The van der Waals surface area contributed by atoms with E-state index in [-0.39, 0.29) is 5.78 Å². The molecule has 0 radical (unpaired) electrons. The molecule has 4 aromatic heterocycles. The normalized spacial score (nSPS) is 11.7. The maximum atomic E-state index is 13.8. The molecule has 0 amide bonds. The summed E-state index contributed by atoms with van der Waals surface area (Å²) in [6.07, 6.45) is 5.20. The van der Waals surface area contributed by atoms with E-state index in [0.717, 1.165) is 55.3 Å². The summed E-state index contributed by atoms with van der Waals surface area (Å²) in [4.78, 5) is 23.0. The number of hydrogen-bond acceptors (Lipinski definition) is 4. The van der Waals surface area contributed by atoms with Gasteiger partial charge in [0, 0.05) is 33.0 Å². The van der Waals surface area contributed by atoms with Crippen molar-refractivity contribution in [3.63, 3.8) is 0 Å². The lowest BCUT2D eigenvalue weighted by molar-refractivity contribution is 0.103. The second-order valence-electron chi connectivity index (χ2n) is 9.57. The van der Waals surface area contributed by atoms with Gasteiger partial charge in [0.05, 0.1) is 34.5 Å². The lowest BCUT2D eigenvalue weighted by atomic mass is 10.0. The molecule has 0 spiro atoms. The Bertz CT molecular complexity index is 2220. The molecule has 6 heteroatoms. The Kier molecular flexibility index (Phi) is 4.57. The zero-order valence-corrected chi connectivity index (χ0v) is 20.7. The number of furan rings is 1. The molecule has 0 N–H and O–H groups in total. The molecule has 0 fully saturated rings. The summed E-state index contributed by atoms with van der Waals surface area (Å²) in [6, 6.07) is 33.7. The molecule has 0 bridgehead atoms. The minimum Gasteiger partial charge on any atom is -0.463 e. The molecule has 0 aliphatic heterocycles. The number of imidazole rings is 1. The van der Waals surface area contributed by atoms with E-state index in [0.29, 0.717) is 11.1 Å². The van der Waals surface area contributed by atoms with Crippen LogP contribution in [0.5, 0.6) is 0 Å². The third-order valence-electron chi connectivity index (χ3n) is 7.33. The van der Waals surface area contributed by atoms with E-state index in [1.165, 1.54) is 0 Å². The fourth-order valence-corrected chi connectivity index (χ4v) is 5.47. The third-order valence-corrected chi connectivity index (χ3v) is 7.33. The molecule has 4 aromatic carbocycles. The number of ketones is 1. The van der Waals surface area contributed by atoms with Crippen LogP contribution in [0.3, 0.4) is 0 Å². The quantitative estimate of drug-likeness (QED) is 0.233. The second-order valence-corrected chi connectivity index (χ2v) is 9.57. The van der Waals surface area contributed by atoms with E-state index in [1.807, 2.05) is 95.6 Å². The van der Waals surface area contributed by atoms with Crippen molar-refractivity contribution >= 4 is 49.6 Å². The number of nitrogens with zero attached hydrogens (tertiary/aromatic N) is 4. The minimum absolute atomic E-state index is 0.0433. The maximum Gasteiger partial charge on any atom is 0.193 e. The summed E-state index contributed by atoms with van der Waals surface area (Å²) in [7, 11) is 0. The van der Waals surface area contributed by atoms with Crippen LogP contribution < -0.4 is 0 Å². The molecular formula is C33H20N4O2. The molecule has 0 aliphatic rings. The number of hydrogen-bond donors (Lipinski definition) is 0. The van der Waals surface area contributed by atoms with Crippen molar-refractivity contribution in [2.24, 2.45) is 0 Å². The summed E-state index contributed by atoms with van der Waals surface area (Å²) in [6.45, 7) is 0. The van der Waals surface area contributed by atoms with Crippen LogP contribution in [-0.4, -0.2) is 24.9 Å². The van der Waals surface area contributed by atoms with Gasteiger partial charge in [-0.3, -0.25) is 13.9 Å². The lowest BCUT2D eigenvalue weighted by Crippen LogP contribution is -2.04. The Balaban J connectivity index is 1.28. The highest BCUT2D eigenvalue weighted by Gasteiger charge is 2.17. The molecule has 184 valence electrons. The Morgan fingerprint density at radius 2 is 1.51 bits per heavy atom. The highest BCUT2D eigenvalue weighted by atomic mass is 16.3. The summed E-state index contributed by atoms with van der Waals surface area (Å²) in [5, 5.41) is 3.14. The lowest BCUT2D eigenvalue weighted by Gasteiger charge is -2.09. The van der Waals surface area contributed by atoms with Gasteiger partial charge in [-0.1, -0.05) is 54.6 Å². The largest absolute Gasteiger partial charge is 0.463 e. The Labute approximate surface area is 222 Å². The van der Waals surface area contributed by atoms with Gasteiger partial charge in [-0.25, -0.2) is 9.97 Å². The monoisotopic (exact) mass is 504 g/mol. The average molecular weight is 505 g/mol. The van der Waals surface area contributed by atoms with Crippen LogP contribution in [0.25, 0.3) is 55.3 Å². The summed E-state index contributed by atoms with van der Waals surface area (Å²) < 4.78 is 9.62. The zero-order valence-electron chi connectivity index (χ0n) is 20.7. The van der Waals surface area contributed by atoms with Gasteiger partial charge in [0.15, 0.2) is 11.4 Å². The topological polar surface area (TPSA) is 65.8 Å². The van der Waals surface area contributed by atoms with Crippen LogP contribution in [0.15, 0.2) is 126 Å². The first kappa shape index (κ1) is 21.6. The van der Waals surface area contributed by atoms with E-state index in [4.69, 9.17) is 9.40 Å². The van der Waals surface area contributed by atoms with Crippen molar-refractivity contribution in [2.45, 2.75) is 0 Å². The smallest absolute Gasteiger partial charge is 0.193 e. The number of pyridine rings is 1. The summed E-state index contributed by atoms with van der Waals surface area (Å²) in [5.41, 5.74) is 6.72. The van der Waals surface area contributed by atoms with Gasteiger partial charge in [-0.15, -0.1) is 0 Å². The number of carbonyl (C=O) groups excluding carboxylic acids is 1. The zero-order chi connectivity index (χ0) is 25.9. The first-order valence-corrected chi connectivity index (χ1v) is 12.7. The third kappa shape index (κ3) is 3.32. The average Bonchev–Trinajstić information content (AvgIpc) is 3.71. The SMILES string of the molecule is O=C(c1cccc(-n2cnc3ccccc32)c1)c1ccc2c3ccccc3n(-c3cc4ccoc4cn3)c2c1. The molecule has 6 nitrogen and oxygen atoms in total. The van der Waals surface area contributed by atoms with Crippen molar-refractivity contribution < 1.29 is 9.21 Å². The number of benzene rings is 4. The van der Waals surface area contributed by atoms with Gasteiger partial charge in [0.2, 0.25) is 0 Å². The van der Waals surface area contributed by atoms with E-state index >= 15 is 0 Å². The molecule has 0 saturated carbocycles. The molecule has 0 unspecified atom stereocenters. The first-order valence-electron chi connectivity index (χ1n) is 12.7. The van der Waals surface area contributed by atoms with Crippen molar-refractivity contribution in [3.8, 4) is 11.5 Å². The number of carbonyl (C=O) groups is 1. The van der Waals surface area contributed by atoms with Gasteiger partial charge in [0.25, 0.3) is 0 Å². The van der Waals surface area contributed by atoms with Gasteiger partial charge < -0.3 is 4.42 Å². The van der Waals surface area contributed by atoms with Gasteiger partial charge in [-0.2, -0.15) is 0 Å². The van der Waals surface area contributed by atoms with E-state index < -0.39 is 0 Å². The van der Waals surface area contributed by atoms with Crippen molar-refractivity contribution in [1.82, 2.24) is 19.1 Å². The number of fused-ring (bicyclic) bond motifs is 5. The molecule has 39 heavy (non-hydrogen) atoms. The highest BCUT2D eigenvalue weighted by molar-refractivity contribution is 6.14. The predicted molar refractivity (Wildman–Crippen MR) is 153 cm³/mol. The maximum absolute atomic E-state index is 13.8. The molecule has 0 aliphatic carbocycles. The highest BCUT2D eigenvalue weighted by Crippen LogP contribution is 2.33. The minimum atomic E-state index is -0.0433. The molecule has 4 heterocycles. The van der Waals surface area contributed by atoms with Gasteiger partial charge in [-0.05, 0) is 48.5 Å². The van der Waals surface area contributed by atoms with Crippen LogP contribution in [0.2, 0.25) is 0 Å². The van der Waals surface area contributed by atoms with Crippen LogP contribution >= 0.6 is 0 Å². The van der Waals surface area contributed by atoms with Crippen molar-refractivity contribution in [2.75, 3.05) is 0 Å². The molecule has 8 rings (SSSR count). The first-order chi connectivity index (χ1) is 19.2. The van der Waals surface area contributed by atoms with Crippen molar-refractivity contribution in [3.05, 3.63) is 133 Å². The summed E-state index contributed by atoms with van der Waals surface area (Å²) >= 11 is 0. The number of aromatic nitrogens is 4. The Hall–Kier alpha value is -5.49. The number of para-hydroxylation sites is 3. The fourth-order valence-electron chi connectivity index (χ4n) is 5.47. The molecule has 0 atom stereocenters. The van der Waals surface area contributed by atoms with Crippen molar-refractivity contribution in [1.29, 1.82) is 0 Å². The van der Waals surface area contributed by atoms with Crippen LogP contribution in [0, 0.1) is 0 Å². The molecule has 0 saturated heterocycles. The Morgan fingerprint density at radius 3 is 2.46 bits per heavy atom. The van der Waals surface area contributed by atoms with Gasteiger partial charge in [0.1, 0.15) is 12.1 Å². The van der Waals surface area contributed by atoms with Crippen LogP contribution in [0.4, 0.5) is 0 Å². The van der Waals surface area contributed by atoms with Crippen LogP contribution in [-0.2, 0) is 0 Å². The van der Waals surface area contributed by atoms with Crippen LogP contribution in [0.1, 0.15) is 15.9 Å².